The maximum atomic E-state index is 5.76. The number of hydrazine groups is 1. The van der Waals surface area contributed by atoms with Crippen LogP contribution in [0, 0.1) is 0 Å². The number of ether oxygens (including phenoxy) is 1. The Morgan fingerprint density at radius 3 is 2.76 bits per heavy atom. The van der Waals surface area contributed by atoms with E-state index in [0.717, 1.165) is 21.9 Å². The molecule has 6 nitrogen and oxygen atoms in total. The second-order valence-electron chi connectivity index (χ2n) is 5.72. The van der Waals surface area contributed by atoms with Crippen LogP contribution >= 0.6 is 11.5 Å². The van der Waals surface area contributed by atoms with Gasteiger partial charge in [-0.1, -0.05) is 25.3 Å². The van der Waals surface area contributed by atoms with Crippen LogP contribution < -0.4 is 16.0 Å². The predicted octanol–water partition coefficient (Wildman–Crippen LogP) is 2.18. The third-order valence-corrected chi connectivity index (χ3v) is 3.82. The molecule has 0 fully saturated rings. The van der Waals surface area contributed by atoms with Crippen LogP contribution in [-0.4, -0.2) is 21.2 Å². The average Bonchev–Trinajstić information content (AvgIpc) is 2.90. The molecule has 0 aromatic carbocycles. The van der Waals surface area contributed by atoms with Crippen molar-refractivity contribution in [2.75, 3.05) is 6.61 Å². The molecule has 1 atom stereocenters. The first-order valence-electron chi connectivity index (χ1n) is 6.84. The number of pyridine rings is 1. The Morgan fingerprint density at radius 2 is 2.14 bits per heavy atom. The highest BCUT2D eigenvalue weighted by Crippen LogP contribution is 2.33. The number of nitrogens with zero attached hydrogens (tertiary/aromatic N) is 3. The van der Waals surface area contributed by atoms with Gasteiger partial charge in [0.05, 0.1) is 29.4 Å². The van der Waals surface area contributed by atoms with Gasteiger partial charge in [0.15, 0.2) is 0 Å². The molecule has 3 N–H and O–H groups in total. The molecule has 1 unspecified atom stereocenters. The zero-order valence-electron chi connectivity index (χ0n) is 12.8. The van der Waals surface area contributed by atoms with Crippen LogP contribution in [0.15, 0.2) is 18.5 Å². The van der Waals surface area contributed by atoms with Gasteiger partial charge in [-0.15, -0.1) is 5.10 Å². The van der Waals surface area contributed by atoms with E-state index >= 15 is 0 Å². The Balaban J connectivity index is 2.41. The molecule has 0 radical (unpaired) electrons. The zero-order valence-corrected chi connectivity index (χ0v) is 13.6. The summed E-state index contributed by atoms with van der Waals surface area (Å²) < 4.78 is 9.58. The van der Waals surface area contributed by atoms with Crippen molar-refractivity contribution in [3.8, 4) is 5.75 Å². The SMILES string of the molecule is CCOc1cncc(C(NN)c2snnc2C(C)(C)C)c1. The Morgan fingerprint density at radius 1 is 1.38 bits per heavy atom. The summed E-state index contributed by atoms with van der Waals surface area (Å²) in [5.74, 6) is 6.49. The average molecular weight is 307 g/mol. The molecule has 2 aromatic rings. The van der Waals surface area contributed by atoms with E-state index in [1.807, 2.05) is 13.0 Å². The molecule has 21 heavy (non-hydrogen) atoms. The normalized spacial score (nSPS) is 13.2. The lowest BCUT2D eigenvalue weighted by atomic mass is 9.89. The van der Waals surface area contributed by atoms with Crippen LogP contribution in [0.2, 0.25) is 0 Å². The molecule has 0 bridgehead atoms. The molecule has 2 rings (SSSR count). The largest absolute Gasteiger partial charge is 0.492 e. The molecule has 0 saturated heterocycles. The number of nitrogens with two attached hydrogens (primary N) is 1. The molecular weight excluding hydrogens is 286 g/mol. The van der Waals surface area contributed by atoms with Crippen LogP contribution in [0.1, 0.15) is 49.9 Å². The van der Waals surface area contributed by atoms with Gasteiger partial charge in [-0.2, -0.15) is 0 Å². The van der Waals surface area contributed by atoms with E-state index in [4.69, 9.17) is 10.6 Å². The van der Waals surface area contributed by atoms with Crippen molar-refractivity contribution in [2.24, 2.45) is 5.84 Å². The number of nitrogens with one attached hydrogen (secondary N) is 1. The number of aromatic nitrogens is 3. The predicted molar refractivity (Wildman–Crippen MR) is 83.2 cm³/mol. The Hall–Kier alpha value is -1.57. The van der Waals surface area contributed by atoms with E-state index in [0.29, 0.717) is 6.61 Å². The van der Waals surface area contributed by atoms with Crippen LogP contribution in [0.5, 0.6) is 5.75 Å². The van der Waals surface area contributed by atoms with Crippen LogP contribution in [-0.2, 0) is 5.41 Å². The van der Waals surface area contributed by atoms with Gasteiger partial charge in [0.25, 0.3) is 0 Å². The summed E-state index contributed by atoms with van der Waals surface area (Å²) in [6, 6.07) is 1.74. The summed E-state index contributed by atoms with van der Waals surface area (Å²) in [6.07, 6.45) is 3.47. The van der Waals surface area contributed by atoms with Gasteiger partial charge < -0.3 is 4.74 Å². The van der Waals surface area contributed by atoms with Gasteiger partial charge >= 0.3 is 0 Å². The smallest absolute Gasteiger partial charge is 0.137 e. The fourth-order valence-corrected chi connectivity index (χ4v) is 3.02. The lowest BCUT2D eigenvalue weighted by Crippen LogP contribution is -2.30. The summed E-state index contributed by atoms with van der Waals surface area (Å²) in [5.41, 5.74) is 4.62. The molecule has 7 heteroatoms. The molecule has 0 aliphatic carbocycles. The van der Waals surface area contributed by atoms with Crippen LogP contribution in [0.3, 0.4) is 0 Å². The fourth-order valence-electron chi connectivity index (χ4n) is 2.07. The first kappa shape index (κ1) is 15.8. The summed E-state index contributed by atoms with van der Waals surface area (Å²) >= 11 is 1.35. The van der Waals surface area contributed by atoms with E-state index in [1.54, 1.807) is 12.4 Å². The maximum Gasteiger partial charge on any atom is 0.137 e. The minimum atomic E-state index is -0.202. The second-order valence-corrected chi connectivity index (χ2v) is 6.51. The van der Waals surface area contributed by atoms with Crippen molar-refractivity contribution in [3.63, 3.8) is 0 Å². The lowest BCUT2D eigenvalue weighted by molar-refractivity contribution is 0.338. The molecule has 114 valence electrons. The standard InChI is InChI=1S/C14H21N5OS/c1-5-20-10-6-9(7-16-8-10)11(17-15)12-13(14(2,3)4)18-19-21-12/h6-8,11,17H,5,15H2,1-4H3. The van der Waals surface area contributed by atoms with E-state index in [-0.39, 0.29) is 11.5 Å². The molecule has 0 aliphatic rings. The zero-order chi connectivity index (χ0) is 15.5. The van der Waals surface area contributed by atoms with Crippen molar-refractivity contribution in [1.29, 1.82) is 0 Å². The van der Waals surface area contributed by atoms with Gasteiger partial charge in [-0.3, -0.25) is 10.8 Å². The van der Waals surface area contributed by atoms with Crippen molar-refractivity contribution in [3.05, 3.63) is 34.6 Å². The summed E-state index contributed by atoms with van der Waals surface area (Å²) in [6.45, 7) is 8.86. The molecule has 0 aliphatic heterocycles. The van der Waals surface area contributed by atoms with E-state index in [1.165, 1.54) is 11.5 Å². The highest BCUT2D eigenvalue weighted by molar-refractivity contribution is 7.05. The molecule has 0 spiro atoms. The summed E-state index contributed by atoms with van der Waals surface area (Å²) in [7, 11) is 0. The van der Waals surface area contributed by atoms with Crippen molar-refractivity contribution in [1.82, 2.24) is 20.0 Å². The monoisotopic (exact) mass is 307 g/mol. The van der Waals surface area contributed by atoms with Crippen molar-refractivity contribution >= 4 is 11.5 Å². The van der Waals surface area contributed by atoms with E-state index in [2.05, 4.69) is 40.8 Å². The van der Waals surface area contributed by atoms with E-state index in [9.17, 15) is 0 Å². The number of rotatable bonds is 5. The summed E-state index contributed by atoms with van der Waals surface area (Å²) in [5, 5.41) is 4.26. The summed E-state index contributed by atoms with van der Waals surface area (Å²) in [4.78, 5) is 5.22. The first-order chi connectivity index (χ1) is 9.97. The van der Waals surface area contributed by atoms with Crippen LogP contribution in [0.4, 0.5) is 0 Å². The highest BCUT2D eigenvalue weighted by atomic mass is 32.1. The third-order valence-electron chi connectivity index (χ3n) is 3.03. The Labute approximate surface area is 128 Å². The maximum absolute atomic E-state index is 5.76. The molecule has 0 saturated carbocycles. The number of hydrogen-bond donors (Lipinski definition) is 2. The van der Waals surface area contributed by atoms with Gasteiger partial charge in [-0.25, -0.2) is 5.43 Å². The quantitative estimate of drug-likeness (QED) is 0.650. The third kappa shape index (κ3) is 3.55. The number of hydrogen-bond acceptors (Lipinski definition) is 7. The van der Waals surface area contributed by atoms with Gasteiger partial charge in [0, 0.05) is 11.6 Å². The van der Waals surface area contributed by atoms with Crippen LogP contribution in [0.25, 0.3) is 0 Å². The highest BCUT2D eigenvalue weighted by Gasteiger charge is 2.28. The molecule has 2 heterocycles. The minimum absolute atomic E-state index is 0.0949. The molecular formula is C14H21N5OS. The minimum Gasteiger partial charge on any atom is -0.492 e. The van der Waals surface area contributed by atoms with Crippen molar-refractivity contribution < 1.29 is 4.74 Å². The van der Waals surface area contributed by atoms with Gasteiger partial charge in [0.2, 0.25) is 0 Å². The Kier molecular flexibility index (Phi) is 4.87. The first-order valence-corrected chi connectivity index (χ1v) is 7.61. The molecule has 2 aromatic heterocycles. The van der Waals surface area contributed by atoms with Crippen molar-refractivity contribution in [2.45, 2.75) is 39.2 Å². The lowest BCUT2D eigenvalue weighted by Gasteiger charge is -2.21. The van der Waals surface area contributed by atoms with Gasteiger partial charge in [-0.05, 0) is 30.1 Å². The van der Waals surface area contributed by atoms with E-state index < -0.39 is 0 Å². The van der Waals surface area contributed by atoms with Gasteiger partial charge in [0.1, 0.15) is 5.75 Å². The topological polar surface area (TPSA) is 86.0 Å². The Bertz CT molecular complexity index is 593. The second kappa shape index (κ2) is 6.46. The fraction of sp³-hybridized carbons (Fsp3) is 0.500. The molecule has 0 amide bonds.